The molecule has 0 bridgehead atoms. The fourth-order valence-electron chi connectivity index (χ4n) is 3.73. The molecular formula is C18H22N2O3S. The second-order valence-electron chi connectivity index (χ2n) is 6.79. The van der Waals surface area contributed by atoms with Crippen LogP contribution in [0.25, 0.3) is 0 Å². The standard InChI is InChI=1S/C18H22N2O3S/c21-11-18(5-2-6-18)16(15-3-1-8-24-15)20-17(22)14-9-12-10-23-7-4-13(12)19-14/h1,3,8-9,16,19,21H,2,4-7,10-11H2,(H,20,22). The highest BCUT2D eigenvalue weighted by Gasteiger charge is 2.45. The maximum absolute atomic E-state index is 12.8. The van der Waals surface area contributed by atoms with Crippen LogP contribution in [0.3, 0.4) is 0 Å². The minimum Gasteiger partial charge on any atom is -0.396 e. The van der Waals surface area contributed by atoms with Gasteiger partial charge in [0.05, 0.1) is 25.9 Å². The van der Waals surface area contributed by atoms with Crippen molar-refractivity contribution in [1.82, 2.24) is 10.3 Å². The molecule has 4 rings (SSSR count). The molecule has 1 aliphatic carbocycles. The second kappa shape index (κ2) is 6.35. The molecule has 24 heavy (non-hydrogen) atoms. The molecule has 128 valence electrons. The van der Waals surface area contributed by atoms with Crippen LogP contribution >= 0.6 is 11.3 Å². The molecular weight excluding hydrogens is 324 g/mol. The highest BCUT2D eigenvalue weighted by Crippen LogP contribution is 2.50. The van der Waals surface area contributed by atoms with Gasteiger partial charge in [-0.1, -0.05) is 12.5 Å². The maximum Gasteiger partial charge on any atom is 0.268 e. The molecule has 6 heteroatoms. The number of carbonyl (C=O) groups excluding carboxylic acids is 1. The van der Waals surface area contributed by atoms with E-state index >= 15 is 0 Å². The molecule has 0 spiro atoms. The van der Waals surface area contributed by atoms with E-state index in [2.05, 4.69) is 10.3 Å². The van der Waals surface area contributed by atoms with E-state index in [1.165, 1.54) is 0 Å². The van der Waals surface area contributed by atoms with Crippen molar-refractivity contribution in [2.75, 3.05) is 13.2 Å². The summed E-state index contributed by atoms with van der Waals surface area (Å²) in [5, 5.41) is 15.1. The first-order valence-electron chi connectivity index (χ1n) is 8.45. The Morgan fingerprint density at radius 3 is 3.00 bits per heavy atom. The number of amides is 1. The number of aromatic amines is 1. The Morgan fingerprint density at radius 1 is 1.50 bits per heavy atom. The zero-order valence-electron chi connectivity index (χ0n) is 13.5. The molecule has 0 aromatic carbocycles. The van der Waals surface area contributed by atoms with Gasteiger partial charge in [-0.3, -0.25) is 4.79 Å². The van der Waals surface area contributed by atoms with Gasteiger partial charge in [-0.25, -0.2) is 0 Å². The lowest BCUT2D eigenvalue weighted by atomic mass is 9.64. The lowest BCUT2D eigenvalue weighted by molar-refractivity contribution is 0.00704. The summed E-state index contributed by atoms with van der Waals surface area (Å²) in [6.07, 6.45) is 3.81. The summed E-state index contributed by atoms with van der Waals surface area (Å²) in [7, 11) is 0. The molecule has 1 atom stereocenters. The first-order valence-corrected chi connectivity index (χ1v) is 9.33. The third kappa shape index (κ3) is 2.68. The van der Waals surface area contributed by atoms with E-state index < -0.39 is 0 Å². The van der Waals surface area contributed by atoms with E-state index in [0.29, 0.717) is 18.9 Å². The molecule has 0 radical (unpaired) electrons. The summed E-state index contributed by atoms with van der Waals surface area (Å²) in [5.74, 6) is -0.109. The molecule has 2 aromatic heterocycles. The van der Waals surface area contributed by atoms with Gasteiger partial charge in [0.25, 0.3) is 5.91 Å². The number of nitrogens with one attached hydrogen (secondary N) is 2. The summed E-state index contributed by atoms with van der Waals surface area (Å²) in [6, 6.07) is 5.79. The van der Waals surface area contributed by atoms with Gasteiger partial charge in [0.15, 0.2) is 0 Å². The van der Waals surface area contributed by atoms with Crippen LogP contribution in [0, 0.1) is 5.41 Å². The molecule has 1 fully saturated rings. The van der Waals surface area contributed by atoms with Crippen molar-refractivity contribution in [2.24, 2.45) is 5.41 Å². The number of thiophene rings is 1. The molecule has 1 unspecified atom stereocenters. The zero-order valence-corrected chi connectivity index (χ0v) is 14.3. The number of H-pyrrole nitrogens is 1. The molecule has 2 aromatic rings. The van der Waals surface area contributed by atoms with Crippen molar-refractivity contribution in [1.29, 1.82) is 0 Å². The predicted octanol–water partition coefficient (Wildman–Crippen LogP) is 2.78. The average Bonchev–Trinajstić information content (AvgIpc) is 3.22. The minimum absolute atomic E-state index is 0.102. The number of fused-ring (bicyclic) bond motifs is 1. The van der Waals surface area contributed by atoms with E-state index in [9.17, 15) is 9.90 Å². The summed E-state index contributed by atoms with van der Waals surface area (Å²) < 4.78 is 5.44. The summed E-state index contributed by atoms with van der Waals surface area (Å²) in [5.41, 5.74) is 2.52. The SMILES string of the molecule is O=C(NC(c1cccs1)C1(CO)CCC1)c1cc2c([nH]1)CCOC2. The molecule has 1 amide bonds. The van der Waals surface area contributed by atoms with Crippen LogP contribution in [0.1, 0.15) is 51.9 Å². The Balaban J connectivity index is 1.58. The van der Waals surface area contributed by atoms with Crippen LogP contribution in [0.5, 0.6) is 0 Å². The fourth-order valence-corrected chi connectivity index (χ4v) is 4.65. The Hall–Kier alpha value is -1.63. The van der Waals surface area contributed by atoms with E-state index in [0.717, 1.165) is 41.8 Å². The van der Waals surface area contributed by atoms with Crippen LogP contribution in [-0.4, -0.2) is 29.2 Å². The summed E-state index contributed by atoms with van der Waals surface area (Å²) in [4.78, 5) is 17.2. The fraction of sp³-hybridized carbons (Fsp3) is 0.500. The van der Waals surface area contributed by atoms with Gasteiger partial charge < -0.3 is 20.1 Å². The van der Waals surface area contributed by atoms with Crippen LogP contribution in [0.15, 0.2) is 23.6 Å². The molecule has 5 nitrogen and oxygen atoms in total. The Bertz CT molecular complexity index is 690. The number of aromatic nitrogens is 1. The Kier molecular flexibility index (Phi) is 4.20. The van der Waals surface area contributed by atoms with Crippen molar-refractivity contribution in [3.63, 3.8) is 0 Å². The molecule has 3 N–H and O–H groups in total. The van der Waals surface area contributed by atoms with Crippen molar-refractivity contribution < 1.29 is 14.6 Å². The lowest BCUT2D eigenvalue weighted by Crippen LogP contribution is -2.47. The van der Waals surface area contributed by atoms with Gasteiger partial charge in [-0.2, -0.15) is 0 Å². The second-order valence-corrected chi connectivity index (χ2v) is 7.76. The van der Waals surface area contributed by atoms with Gasteiger partial charge >= 0.3 is 0 Å². The van der Waals surface area contributed by atoms with Gasteiger partial charge in [-0.15, -0.1) is 11.3 Å². The van der Waals surface area contributed by atoms with E-state index in [1.54, 1.807) is 11.3 Å². The van der Waals surface area contributed by atoms with Gasteiger partial charge in [0, 0.05) is 22.4 Å². The molecule has 1 saturated carbocycles. The third-order valence-corrected chi connectivity index (χ3v) is 6.31. The summed E-state index contributed by atoms with van der Waals surface area (Å²) >= 11 is 1.63. The van der Waals surface area contributed by atoms with E-state index in [-0.39, 0.29) is 24.0 Å². The number of aliphatic hydroxyl groups excluding tert-OH is 1. The number of hydrogen-bond donors (Lipinski definition) is 3. The van der Waals surface area contributed by atoms with E-state index in [1.807, 2.05) is 23.6 Å². The smallest absolute Gasteiger partial charge is 0.268 e. The number of ether oxygens (including phenoxy) is 1. The van der Waals surface area contributed by atoms with Crippen molar-refractivity contribution in [3.05, 3.63) is 45.4 Å². The molecule has 2 aliphatic rings. The predicted molar refractivity (Wildman–Crippen MR) is 92.0 cm³/mol. The topological polar surface area (TPSA) is 74.4 Å². The average molecular weight is 346 g/mol. The van der Waals surface area contributed by atoms with Crippen LogP contribution < -0.4 is 5.32 Å². The largest absolute Gasteiger partial charge is 0.396 e. The van der Waals surface area contributed by atoms with Crippen LogP contribution in [0.2, 0.25) is 0 Å². The molecule has 0 saturated heterocycles. The van der Waals surface area contributed by atoms with Gasteiger partial charge in [0.2, 0.25) is 0 Å². The Labute approximate surface area is 145 Å². The van der Waals surface area contributed by atoms with Gasteiger partial charge in [-0.05, 0) is 35.9 Å². The third-order valence-electron chi connectivity index (χ3n) is 5.37. The lowest BCUT2D eigenvalue weighted by Gasteiger charge is -2.46. The minimum atomic E-state index is -0.226. The highest BCUT2D eigenvalue weighted by molar-refractivity contribution is 7.10. The normalized spacial score (nSPS) is 20.0. The summed E-state index contributed by atoms with van der Waals surface area (Å²) in [6.45, 7) is 1.36. The van der Waals surface area contributed by atoms with Crippen molar-refractivity contribution in [2.45, 2.75) is 38.3 Å². The van der Waals surface area contributed by atoms with Crippen LogP contribution in [0.4, 0.5) is 0 Å². The van der Waals surface area contributed by atoms with Gasteiger partial charge in [0.1, 0.15) is 5.69 Å². The van der Waals surface area contributed by atoms with E-state index in [4.69, 9.17) is 4.74 Å². The monoisotopic (exact) mass is 346 g/mol. The first kappa shape index (κ1) is 15.9. The number of aliphatic hydroxyl groups is 1. The molecule has 3 heterocycles. The zero-order chi connectivity index (χ0) is 16.6. The quantitative estimate of drug-likeness (QED) is 0.779. The van der Waals surface area contributed by atoms with Crippen LogP contribution in [-0.2, 0) is 17.8 Å². The number of hydrogen-bond acceptors (Lipinski definition) is 4. The number of carbonyl (C=O) groups is 1. The maximum atomic E-state index is 12.8. The first-order chi connectivity index (χ1) is 11.7. The van der Waals surface area contributed by atoms with Crippen molar-refractivity contribution >= 4 is 17.2 Å². The molecule has 1 aliphatic heterocycles. The highest BCUT2D eigenvalue weighted by atomic mass is 32.1. The van der Waals surface area contributed by atoms with Crippen molar-refractivity contribution in [3.8, 4) is 0 Å². The number of rotatable bonds is 5. The Morgan fingerprint density at radius 2 is 2.38 bits per heavy atom.